The molecule has 0 saturated heterocycles. The summed E-state index contributed by atoms with van der Waals surface area (Å²) in [4.78, 5) is 24.8. The molecule has 0 spiro atoms. The van der Waals surface area contributed by atoms with Crippen LogP contribution in [0.5, 0.6) is 0 Å². The minimum atomic E-state index is 0.0292. The fourth-order valence-electron chi connectivity index (χ4n) is 3.41. The molecule has 0 bridgehead atoms. The van der Waals surface area contributed by atoms with Crippen LogP contribution in [-0.4, -0.2) is 38.1 Å². The summed E-state index contributed by atoms with van der Waals surface area (Å²) in [6.07, 6.45) is 1.79. The molecule has 3 aromatic rings. The van der Waals surface area contributed by atoms with Crippen molar-refractivity contribution in [2.24, 2.45) is 0 Å². The summed E-state index contributed by atoms with van der Waals surface area (Å²) in [5.41, 5.74) is 1.76. The van der Waals surface area contributed by atoms with Crippen molar-refractivity contribution in [1.29, 1.82) is 0 Å². The lowest BCUT2D eigenvalue weighted by molar-refractivity contribution is 0.166. The maximum absolute atomic E-state index is 13.2. The van der Waals surface area contributed by atoms with Crippen LogP contribution in [0.15, 0.2) is 58.6 Å². The summed E-state index contributed by atoms with van der Waals surface area (Å²) < 4.78 is 1.83. The van der Waals surface area contributed by atoms with Crippen LogP contribution in [0.2, 0.25) is 0 Å². The summed E-state index contributed by atoms with van der Waals surface area (Å²) in [5, 5.41) is 1.42. The summed E-state index contributed by atoms with van der Waals surface area (Å²) in [5.74, 6) is 0.684. The van der Waals surface area contributed by atoms with E-state index in [1.807, 2.05) is 47.0 Å². The fourth-order valence-corrected chi connectivity index (χ4v) is 4.35. The number of hydrogen-bond donors (Lipinski definition) is 0. The molecule has 0 aliphatic rings. The standard InChI is InChI=1S/C22H28N4OS/c1-16(2)25(17(3)4)13-14-26-21(27)19-10-5-6-11-20(19)24-22(26)28-15-18-9-7-8-12-23-18/h5-12,16-17H,13-15H2,1-4H3. The first-order valence-corrected chi connectivity index (χ1v) is 10.7. The highest BCUT2D eigenvalue weighted by molar-refractivity contribution is 7.98. The highest BCUT2D eigenvalue weighted by atomic mass is 32.2. The van der Waals surface area contributed by atoms with Crippen LogP contribution in [0.1, 0.15) is 33.4 Å². The van der Waals surface area contributed by atoms with Gasteiger partial charge in [0.15, 0.2) is 5.16 Å². The average Bonchev–Trinajstić information content (AvgIpc) is 2.68. The lowest BCUT2D eigenvalue weighted by Gasteiger charge is -2.30. The Morgan fingerprint density at radius 3 is 2.43 bits per heavy atom. The normalized spacial score (nSPS) is 11.8. The number of para-hydroxylation sites is 1. The second kappa shape index (κ2) is 9.34. The number of thioether (sulfide) groups is 1. The van der Waals surface area contributed by atoms with Crippen LogP contribution < -0.4 is 5.56 Å². The molecule has 0 unspecified atom stereocenters. The molecule has 0 aliphatic heterocycles. The molecular weight excluding hydrogens is 368 g/mol. The molecule has 3 rings (SSSR count). The van der Waals surface area contributed by atoms with Crippen LogP contribution in [0, 0.1) is 0 Å². The molecule has 6 heteroatoms. The van der Waals surface area contributed by atoms with Crippen LogP contribution in [0.25, 0.3) is 10.9 Å². The third kappa shape index (κ3) is 4.80. The molecule has 0 saturated carbocycles. The van der Waals surface area contributed by atoms with Gasteiger partial charge in [-0.05, 0) is 52.0 Å². The van der Waals surface area contributed by atoms with Gasteiger partial charge < -0.3 is 0 Å². The van der Waals surface area contributed by atoms with Crippen molar-refractivity contribution in [2.45, 2.75) is 57.2 Å². The molecule has 0 aliphatic carbocycles. The Morgan fingerprint density at radius 1 is 1.04 bits per heavy atom. The van der Waals surface area contributed by atoms with E-state index in [-0.39, 0.29) is 5.56 Å². The molecule has 28 heavy (non-hydrogen) atoms. The largest absolute Gasteiger partial charge is 0.297 e. The van der Waals surface area contributed by atoms with E-state index in [4.69, 9.17) is 4.98 Å². The molecule has 5 nitrogen and oxygen atoms in total. The third-order valence-corrected chi connectivity index (χ3v) is 5.82. The highest BCUT2D eigenvalue weighted by Gasteiger charge is 2.16. The summed E-state index contributed by atoms with van der Waals surface area (Å²) in [7, 11) is 0. The quantitative estimate of drug-likeness (QED) is 0.422. The van der Waals surface area contributed by atoms with Crippen LogP contribution in [0.3, 0.4) is 0 Å². The van der Waals surface area contributed by atoms with Crippen molar-refractivity contribution in [3.8, 4) is 0 Å². The van der Waals surface area contributed by atoms with Crippen LogP contribution in [0.4, 0.5) is 0 Å². The monoisotopic (exact) mass is 396 g/mol. The Labute approximate surface area is 170 Å². The summed E-state index contributed by atoms with van der Waals surface area (Å²) >= 11 is 1.57. The Kier molecular flexibility index (Phi) is 6.86. The third-order valence-electron chi connectivity index (χ3n) is 4.81. The molecule has 0 amide bonds. The molecule has 1 aromatic carbocycles. The van der Waals surface area contributed by atoms with Gasteiger partial charge in [-0.1, -0.05) is 30.0 Å². The van der Waals surface area contributed by atoms with E-state index in [9.17, 15) is 4.79 Å². The van der Waals surface area contributed by atoms with E-state index in [1.165, 1.54) is 0 Å². The predicted molar refractivity (Wildman–Crippen MR) is 117 cm³/mol. The number of pyridine rings is 1. The van der Waals surface area contributed by atoms with Gasteiger partial charge in [-0.15, -0.1) is 0 Å². The van der Waals surface area contributed by atoms with E-state index < -0.39 is 0 Å². The summed E-state index contributed by atoms with van der Waals surface area (Å²) in [6, 6.07) is 14.3. The molecule has 0 radical (unpaired) electrons. The van der Waals surface area contributed by atoms with Crippen molar-refractivity contribution < 1.29 is 0 Å². The fraction of sp³-hybridized carbons (Fsp3) is 0.409. The van der Waals surface area contributed by atoms with Gasteiger partial charge in [0.25, 0.3) is 5.56 Å². The van der Waals surface area contributed by atoms with Crippen molar-refractivity contribution in [3.05, 3.63) is 64.7 Å². The Bertz CT molecular complexity index is 961. The second-order valence-electron chi connectivity index (χ2n) is 7.40. The molecule has 2 aromatic heterocycles. The Hall–Kier alpha value is -2.18. The van der Waals surface area contributed by atoms with Gasteiger partial charge in [-0.3, -0.25) is 19.2 Å². The summed E-state index contributed by atoms with van der Waals surface area (Å²) in [6.45, 7) is 10.2. The van der Waals surface area contributed by atoms with Gasteiger partial charge in [0.1, 0.15) is 0 Å². The van der Waals surface area contributed by atoms with Crippen molar-refractivity contribution in [1.82, 2.24) is 19.4 Å². The zero-order chi connectivity index (χ0) is 20.1. The second-order valence-corrected chi connectivity index (χ2v) is 8.35. The zero-order valence-electron chi connectivity index (χ0n) is 17.0. The minimum absolute atomic E-state index is 0.0292. The van der Waals surface area contributed by atoms with Gasteiger partial charge >= 0.3 is 0 Å². The van der Waals surface area contributed by atoms with Gasteiger partial charge in [-0.25, -0.2) is 4.98 Å². The number of rotatable bonds is 8. The molecule has 0 atom stereocenters. The molecular formula is C22H28N4OS. The number of fused-ring (bicyclic) bond motifs is 1. The number of nitrogens with zero attached hydrogens (tertiary/aromatic N) is 4. The van der Waals surface area contributed by atoms with Gasteiger partial charge in [0.05, 0.1) is 16.6 Å². The molecule has 0 N–H and O–H groups in total. The van der Waals surface area contributed by atoms with Crippen molar-refractivity contribution in [3.63, 3.8) is 0 Å². The highest BCUT2D eigenvalue weighted by Crippen LogP contribution is 2.21. The topological polar surface area (TPSA) is 51.0 Å². The van der Waals surface area contributed by atoms with Crippen LogP contribution in [-0.2, 0) is 12.3 Å². The minimum Gasteiger partial charge on any atom is -0.297 e. The SMILES string of the molecule is CC(C)N(CCn1c(SCc2ccccn2)nc2ccccc2c1=O)C(C)C. The van der Waals surface area contributed by atoms with Gasteiger partial charge in [-0.2, -0.15) is 0 Å². The number of hydrogen-bond acceptors (Lipinski definition) is 5. The Balaban J connectivity index is 1.93. The predicted octanol–water partition coefficient (Wildman–Crippen LogP) is 4.20. The zero-order valence-corrected chi connectivity index (χ0v) is 17.8. The van der Waals surface area contributed by atoms with E-state index >= 15 is 0 Å². The van der Waals surface area contributed by atoms with Gasteiger partial charge in [0, 0.05) is 37.1 Å². The Morgan fingerprint density at radius 2 is 1.75 bits per heavy atom. The first kappa shape index (κ1) is 20.6. The van der Waals surface area contributed by atoms with E-state index in [2.05, 4.69) is 37.6 Å². The number of benzene rings is 1. The van der Waals surface area contributed by atoms with E-state index in [1.54, 1.807) is 18.0 Å². The first-order valence-electron chi connectivity index (χ1n) is 9.75. The smallest absolute Gasteiger partial charge is 0.262 e. The maximum Gasteiger partial charge on any atom is 0.262 e. The molecule has 0 fully saturated rings. The lowest BCUT2D eigenvalue weighted by Crippen LogP contribution is -2.40. The van der Waals surface area contributed by atoms with Crippen molar-refractivity contribution in [2.75, 3.05) is 6.54 Å². The number of aromatic nitrogens is 3. The molecule has 148 valence electrons. The molecule has 2 heterocycles. The van der Waals surface area contributed by atoms with Crippen LogP contribution >= 0.6 is 11.8 Å². The lowest BCUT2D eigenvalue weighted by atomic mass is 10.2. The average molecular weight is 397 g/mol. The van der Waals surface area contributed by atoms with E-state index in [0.29, 0.717) is 29.8 Å². The maximum atomic E-state index is 13.2. The van der Waals surface area contributed by atoms with Crippen molar-refractivity contribution >= 4 is 22.7 Å². The van der Waals surface area contributed by atoms with Gasteiger partial charge in [0.2, 0.25) is 0 Å². The first-order chi connectivity index (χ1) is 13.5. The van der Waals surface area contributed by atoms with E-state index in [0.717, 1.165) is 22.9 Å².